The molecule has 0 aromatic heterocycles. The van der Waals surface area contributed by atoms with Crippen LogP contribution in [0.5, 0.6) is 0 Å². The molecule has 1 heterocycles. The van der Waals surface area contributed by atoms with Gasteiger partial charge in [0, 0.05) is 25.6 Å². The van der Waals surface area contributed by atoms with Gasteiger partial charge >= 0.3 is 6.18 Å². The molecule has 0 aliphatic carbocycles. The van der Waals surface area contributed by atoms with E-state index >= 15 is 0 Å². The van der Waals surface area contributed by atoms with Crippen molar-refractivity contribution < 1.29 is 22.8 Å². The van der Waals surface area contributed by atoms with Gasteiger partial charge in [-0.1, -0.05) is 48.5 Å². The summed E-state index contributed by atoms with van der Waals surface area (Å²) in [7, 11) is 1.58. The summed E-state index contributed by atoms with van der Waals surface area (Å²) in [5, 5.41) is 0. The predicted octanol–water partition coefficient (Wildman–Crippen LogP) is 3.73. The molecule has 142 valence electrons. The minimum Gasteiger partial charge on any atom is -0.333 e. The van der Waals surface area contributed by atoms with Crippen LogP contribution in [-0.2, 0) is 9.59 Å². The van der Waals surface area contributed by atoms with Crippen molar-refractivity contribution in [3.63, 3.8) is 0 Å². The van der Waals surface area contributed by atoms with Gasteiger partial charge < -0.3 is 9.80 Å². The maximum absolute atomic E-state index is 12.9. The Kier molecular flexibility index (Phi) is 5.21. The predicted molar refractivity (Wildman–Crippen MR) is 96.0 cm³/mol. The highest BCUT2D eigenvalue weighted by atomic mass is 19.4. The number of hydrogen-bond acceptors (Lipinski definition) is 2. The summed E-state index contributed by atoms with van der Waals surface area (Å²) in [5.74, 6) is -1.79. The number of rotatable bonds is 4. The SMILES string of the molecule is CN(C(=O)C1CC(=O)N(CC(F)(F)F)C1)c1ccccc1-c1ccccc1. The number of para-hydroxylation sites is 1. The van der Waals surface area contributed by atoms with E-state index in [4.69, 9.17) is 0 Å². The van der Waals surface area contributed by atoms with Crippen LogP contribution >= 0.6 is 0 Å². The number of nitrogens with zero attached hydrogens (tertiary/aromatic N) is 2. The van der Waals surface area contributed by atoms with Crippen molar-refractivity contribution in [1.82, 2.24) is 4.90 Å². The molecule has 1 saturated heterocycles. The van der Waals surface area contributed by atoms with E-state index in [0.29, 0.717) is 10.6 Å². The monoisotopic (exact) mass is 376 g/mol. The fraction of sp³-hybridized carbons (Fsp3) is 0.300. The van der Waals surface area contributed by atoms with Crippen LogP contribution in [0.4, 0.5) is 18.9 Å². The number of alkyl halides is 3. The summed E-state index contributed by atoms with van der Waals surface area (Å²) in [6.45, 7) is -1.53. The van der Waals surface area contributed by atoms with Gasteiger partial charge in [-0.15, -0.1) is 0 Å². The zero-order chi connectivity index (χ0) is 19.6. The zero-order valence-corrected chi connectivity index (χ0v) is 14.7. The van der Waals surface area contributed by atoms with Crippen LogP contribution in [0.1, 0.15) is 6.42 Å². The maximum Gasteiger partial charge on any atom is 0.406 e. The number of benzene rings is 2. The topological polar surface area (TPSA) is 40.6 Å². The minimum absolute atomic E-state index is 0.202. The average Bonchev–Trinajstić information content (AvgIpc) is 3.00. The molecule has 0 saturated carbocycles. The standard InChI is InChI=1S/C20H19F3N2O2/c1-24(17-10-6-5-9-16(17)14-7-3-2-4-8-14)19(27)15-11-18(26)25(12-15)13-20(21,22)23/h2-10,15H,11-13H2,1H3. The minimum atomic E-state index is -4.47. The molecule has 2 aromatic rings. The highest BCUT2D eigenvalue weighted by Crippen LogP contribution is 2.32. The van der Waals surface area contributed by atoms with E-state index in [1.807, 2.05) is 42.5 Å². The number of hydrogen-bond donors (Lipinski definition) is 0. The van der Waals surface area contributed by atoms with Crippen LogP contribution in [-0.4, -0.2) is 43.0 Å². The van der Waals surface area contributed by atoms with Gasteiger partial charge in [-0.05, 0) is 11.6 Å². The van der Waals surface area contributed by atoms with E-state index in [9.17, 15) is 22.8 Å². The van der Waals surface area contributed by atoms with Crippen LogP contribution in [0, 0.1) is 5.92 Å². The lowest BCUT2D eigenvalue weighted by molar-refractivity contribution is -0.157. The summed E-state index contributed by atoms with van der Waals surface area (Å²) in [6, 6.07) is 16.8. The Bertz CT molecular complexity index is 837. The number of carbonyl (C=O) groups excluding carboxylic acids is 2. The molecule has 1 aliphatic rings. The van der Waals surface area contributed by atoms with Gasteiger partial charge in [0.25, 0.3) is 0 Å². The zero-order valence-electron chi connectivity index (χ0n) is 14.7. The molecule has 2 amide bonds. The summed E-state index contributed by atoms with van der Waals surface area (Å²) in [5.41, 5.74) is 2.41. The first kappa shape index (κ1) is 18.9. The Balaban J connectivity index is 1.80. The van der Waals surface area contributed by atoms with E-state index in [1.54, 1.807) is 19.2 Å². The largest absolute Gasteiger partial charge is 0.406 e. The third kappa shape index (κ3) is 4.30. The van der Waals surface area contributed by atoms with Gasteiger partial charge in [0.15, 0.2) is 0 Å². The van der Waals surface area contributed by atoms with Crippen LogP contribution in [0.15, 0.2) is 54.6 Å². The summed E-state index contributed by atoms with van der Waals surface area (Å²) in [6.07, 6.45) is -4.67. The molecule has 4 nitrogen and oxygen atoms in total. The Morgan fingerprint density at radius 1 is 1.11 bits per heavy atom. The highest BCUT2D eigenvalue weighted by molar-refractivity contribution is 6.01. The molecule has 1 aliphatic heterocycles. The van der Waals surface area contributed by atoms with Crippen molar-refractivity contribution in [2.24, 2.45) is 5.92 Å². The van der Waals surface area contributed by atoms with Crippen LogP contribution in [0.3, 0.4) is 0 Å². The second kappa shape index (κ2) is 7.42. The molecule has 1 atom stereocenters. The van der Waals surface area contributed by atoms with Crippen molar-refractivity contribution >= 4 is 17.5 Å². The Labute approximate surface area is 155 Å². The van der Waals surface area contributed by atoms with E-state index in [-0.39, 0.29) is 18.9 Å². The van der Waals surface area contributed by atoms with Gasteiger partial charge in [-0.2, -0.15) is 13.2 Å². The van der Waals surface area contributed by atoms with Crippen molar-refractivity contribution in [3.05, 3.63) is 54.6 Å². The second-order valence-corrected chi connectivity index (χ2v) is 6.57. The fourth-order valence-corrected chi connectivity index (χ4v) is 3.33. The van der Waals surface area contributed by atoms with Gasteiger partial charge in [-0.3, -0.25) is 9.59 Å². The first-order chi connectivity index (χ1) is 12.8. The van der Waals surface area contributed by atoms with Gasteiger partial charge in [0.1, 0.15) is 6.54 Å². The molecule has 1 fully saturated rings. The normalized spacial score (nSPS) is 17.3. The smallest absolute Gasteiger partial charge is 0.333 e. The van der Waals surface area contributed by atoms with Crippen molar-refractivity contribution in [1.29, 1.82) is 0 Å². The van der Waals surface area contributed by atoms with Crippen LogP contribution in [0.25, 0.3) is 11.1 Å². The molecule has 3 rings (SSSR count). The van der Waals surface area contributed by atoms with Gasteiger partial charge in [-0.25, -0.2) is 0 Å². The van der Waals surface area contributed by atoms with E-state index < -0.39 is 24.5 Å². The molecule has 7 heteroatoms. The molecule has 2 aromatic carbocycles. The summed E-state index contributed by atoms with van der Waals surface area (Å²) >= 11 is 0. The first-order valence-electron chi connectivity index (χ1n) is 8.53. The fourth-order valence-electron chi connectivity index (χ4n) is 3.33. The summed E-state index contributed by atoms with van der Waals surface area (Å²) < 4.78 is 37.8. The maximum atomic E-state index is 12.9. The molecular formula is C20H19F3N2O2. The van der Waals surface area contributed by atoms with Crippen molar-refractivity contribution in [2.45, 2.75) is 12.6 Å². The molecule has 27 heavy (non-hydrogen) atoms. The van der Waals surface area contributed by atoms with Crippen molar-refractivity contribution in [2.75, 3.05) is 25.0 Å². The molecule has 0 N–H and O–H groups in total. The Morgan fingerprint density at radius 2 is 1.74 bits per heavy atom. The molecule has 1 unspecified atom stereocenters. The lowest BCUT2D eigenvalue weighted by Gasteiger charge is -2.24. The highest BCUT2D eigenvalue weighted by Gasteiger charge is 2.41. The third-order valence-electron chi connectivity index (χ3n) is 4.61. The molecule has 0 bridgehead atoms. The second-order valence-electron chi connectivity index (χ2n) is 6.57. The van der Waals surface area contributed by atoms with Gasteiger partial charge in [0.05, 0.1) is 11.6 Å². The Morgan fingerprint density at radius 3 is 2.41 bits per heavy atom. The number of carbonyl (C=O) groups is 2. The molecule has 0 radical (unpaired) electrons. The van der Waals surface area contributed by atoms with Crippen LogP contribution < -0.4 is 4.90 Å². The first-order valence-corrected chi connectivity index (χ1v) is 8.53. The third-order valence-corrected chi connectivity index (χ3v) is 4.61. The summed E-state index contributed by atoms with van der Waals surface area (Å²) in [4.78, 5) is 26.9. The lowest BCUT2D eigenvalue weighted by Crippen LogP contribution is -2.38. The van der Waals surface area contributed by atoms with E-state index in [2.05, 4.69) is 0 Å². The average molecular weight is 376 g/mol. The van der Waals surface area contributed by atoms with Crippen molar-refractivity contribution in [3.8, 4) is 11.1 Å². The number of amides is 2. The van der Waals surface area contributed by atoms with E-state index in [1.165, 1.54) is 4.90 Å². The quantitative estimate of drug-likeness (QED) is 0.816. The Hall–Kier alpha value is -2.83. The van der Waals surface area contributed by atoms with Crippen LogP contribution in [0.2, 0.25) is 0 Å². The number of halogens is 3. The molecule has 0 spiro atoms. The lowest BCUT2D eigenvalue weighted by atomic mass is 10.0. The number of anilines is 1. The number of likely N-dealkylation sites (tertiary alicyclic amines) is 1. The van der Waals surface area contributed by atoms with E-state index in [0.717, 1.165) is 11.1 Å². The van der Waals surface area contributed by atoms with Gasteiger partial charge in [0.2, 0.25) is 11.8 Å². The molecular weight excluding hydrogens is 357 g/mol.